The van der Waals surface area contributed by atoms with Gasteiger partial charge >= 0.3 is 0 Å². The highest BCUT2D eigenvalue weighted by atomic mass is 32.2. The lowest BCUT2D eigenvalue weighted by molar-refractivity contribution is -0.117. The zero-order valence-electron chi connectivity index (χ0n) is 20.3. The fourth-order valence-corrected chi connectivity index (χ4v) is 4.19. The van der Waals surface area contributed by atoms with Gasteiger partial charge in [-0.2, -0.15) is 0 Å². The Hall–Kier alpha value is -3.92. The maximum atomic E-state index is 14.1. The van der Waals surface area contributed by atoms with Gasteiger partial charge in [-0.05, 0) is 48.5 Å². The summed E-state index contributed by atoms with van der Waals surface area (Å²) in [5, 5.41) is 3.17. The third-order valence-electron chi connectivity index (χ3n) is 5.15. The summed E-state index contributed by atoms with van der Waals surface area (Å²) in [4.78, 5) is 19.1. The minimum absolute atomic E-state index is 0.0776. The number of carbonyl (C=O) groups excluding carboxylic acids is 1. The van der Waals surface area contributed by atoms with Gasteiger partial charge in [0.2, 0.25) is 5.91 Å². The van der Waals surface area contributed by atoms with E-state index in [-0.39, 0.29) is 35.5 Å². The SMILES string of the molecule is C=CCN(C(=O)CN/C(=N/c1ccc(F)cc1)SCc1c(F)cccc1F)c1ccc(OC)c(OC)c1. The molecule has 0 aliphatic heterocycles. The number of methoxy groups -OCH3 is 2. The number of benzene rings is 3. The van der Waals surface area contributed by atoms with Crippen LogP contribution in [0.4, 0.5) is 24.5 Å². The Balaban J connectivity index is 1.81. The van der Waals surface area contributed by atoms with Crippen LogP contribution in [0, 0.1) is 17.5 Å². The van der Waals surface area contributed by atoms with Gasteiger partial charge in [-0.25, -0.2) is 18.2 Å². The second-order valence-corrected chi connectivity index (χ2v) is 8.53. The molecule has 6 nitrogen and oxygen atoms in total. The molecule has 0 saturated heterocycles. The quantitative estimate of drug-likeness (QED) is 0.203. The molecule has 3 rings (SSSR count). The van der Waals surface area contributed by atoms with Gasteiger partial charge < -0.3 is 19.7 Å². The molecule has 3 aromatic carbocycles. The number of thioether (sulfide) groups is 1. The number of amidine groups is 1. The molecule has 3 aromatic rings. The van der Waals surface area contributed by atoms with Crippen molar-refractivity contribution in [3.63, 3.8) is 0 Å². The molecule has 0 aliphatic rings. The van der Waals surface area contributed by atoms with Crippen LogP contribution >= 0.6 is 11.8 Å². The number of ether oxygens (including phenoxy) is 2. The van der Waals surface area contributed by atoms with Crippen molar-refractivity contribution in [3.8, 4) is 11.5 Å². The van der Waals surface area contributed by atoms with E-state index in [9.17, 15) is 18.0 Å². The number of hydrogen-bond donors (Lipinski definition) is 1. The average Bonchev–Trinajstić information content (AvgIpc) is 2.90. The number of nitrogens with zero attached hydrogens (tertiary/aromatic N) is 2. The van der Waals surface area contributed by atoms with E-state index in [0.717, 1.165) is 11.8 Å². The smallest absolute Gasteiger partial charge is 0.246 e. The molecule has 0 aromatic heterocycles. The summed E-state index contributed by atoms with van der Waals surface area (Å²) >= 11 is 1.01. The lowest BCUT2D eigenvalue weighted by Gasteiger charge is -2.23. The number of amides is 1. The van der Waals surface area contributed by atoms with Crippen LogP contribution in [-0.2, 0) is 10.5 Å². The molecule has 10 heteroatoms. The second-order valence-electron chi connectivity index (χ2n) is 7.57. The van der Waals surface area contributed by atoms with Gasteiger partial charge in [0.1, 0.15) is 17.5 Å². The van der Waals surface area contributed by atoms with Gasteiger partial charge in [0.25, 0.3) is 0 Å². The van der Waals surface area contributed by atoms with Gasteiger partial charge in [-0.1, -0.05) is 23.9 Å². The number of carbonyl (C=O) groups is 1. The zero-order chi connectivity index (χ0) is 26.8. The van der Waals surface area contributed by atoms with Crippen LogP contribution in [0.25, 0.3) is 0 Å². The van der Waals surface area contributed by atoms with E-state index in [1.807, 2.05) is 0 Å². The van der Waals surface area contributed by atoms with Gasteiger partial charge in [0, 0.05) is 29.6 Å². The van der Waals surface area contributed by atoms with Crippen molar-refractivity contribution in [1.29, 1.82) is 0 Å². The number of nitrogens with one attached hydrogen (secondary N) is 1. The van der Waals surface area contributed by atoms with Crippen molar-refractivity contribution in [2.75, 3.05) is 32.2 Å². The third-order valence-corrected chi connectivity index (χ3v) is 6.10. The second kappa shape index (κ2) is 13.4. The predicted molar refractivity (Wildman–Crippen MR) is 141 cm³/mol. The normalized spacial score (nSPS) is 11.1. The van der Waals surface area contributed by atoms with Gasteiger partial charge in [-0.3, -0.25) is 4.79 Å². The molecular formula is C27H26F3N3O3S. The largest absolute Gasteiger partial charge is 0.493 e. The first-order valence-corrected chi connectivity index (χ1v) is 12.1. The van der Waals surface area contributed by atoms with Crippen LogP contribution < -0.4 is 19.7 Å². The zero-order valence-corrected chi connectivity index (χ0v) is 21.2. The van der Waals surface area contributed by atoms with E-state index in [2.05, 4.69) is 16.9 Å². The van der Waals surface area contributed by atoms with Gasteiger partial charge in [0.05, 0.1) is 26.5 Å². The summed E-state index contributed by atoms with van der Waals surface area (Å²) in [6.07, 6.45) is 1.58. The standard InChI is InChI=1S/C27H26F3N3O3S/c1-4-14-33(20-12-13-24(35-2)25(15-20)36-3)26(34)16-31-27(32-19-10-8-18(28)9-11-19)37-17-21-22(29)6-5-7-23(21)30/h4-13,15H,1,14,16-17H2,2-3H3,(H,31,32). The number of aliphatic imine (C=N–C) groups is 1. The van der Waals surface area contributed by atoms with E-state index in [4.69, 9.17) is 9.47 Å². The summed E-state index contributed by atoms with van der Waals surface area (Å²) in [6.45, 7) is 3.75. The maximum absolute atomic E-state index is 14.1. The average molecular weight is 530 g/mol. The Kier molecular flexibility index (Phi) is 10.0. The summed E-state index contributed by atoms with van der Waals surface area (Å²) < 4.78 is 52.2. The van der Waals surface area contributed by atoms with Crippen molar-refractivity contribution < 1.29 is 27.4 Å². The van der Waals surface area contributed by atoms with E-state index >= 15 is 0 Å². The molecule has 0 atom stereocenters. The number of halogens is 3. The van der Waals surface area contributed by atoms with Crippen molar-refractivity contribution in [1.82, 2.24) is 5.32 Å². The molecule has 1 N–H and O–H groups in total. The van der Waals surface area contributed by atoms with E-state index in [1.165, 1.54) is 61.6 Å². The first kappa shape index (κ1) is 27.7. The van der Waals surface area contributed by atoms with Crippen molar-refractivity contribution in [3.05, 3.63) is 96.3 Å². The highest BCUT2D eigenvalue weighted by molar-refractivity contribution is 8.13. The Labute approximate surface area is 217 Å². The van der Waals surface area contributed by atoms with Crippen LogP contribution in [0.3, 0.4) is 0 Å². The van der Waals surface area contributed by atoms with E-state index < -0.39 is 17.5 Å². The Bertz CT molecular complexity index is 1250. The van der Waals surface area contributed by atoms with Crippen LogP contribution in [0.15, 0.2) is 78.3 Å². The fourth-order valence-electron chi connectivity index (χ4n) is 3.29. The summed E-state index contributed by atoms with van der Waals surface area (Å²) in [5.74, 6) is -1.23. The highest BCUT2D eigenvalue weighted by Crippen LogP contribution is 2.31. The first-order valence-electron chi connectivity index (χ1n) is 11.1. The van der Waals surface area contributed by atoms with Gasteiger partial charge in [-0.15, -0.1) is 6.58 Å². The molecule has 0 saturated carbocycles. The number of anilines is 1. The molecule has 0 spiro atoms. The molecular weight excluding hydrogens is 503 g/mol. The van der Waals surface area contributed by atoms with Crippen LogP contribution in [0.1, 0.15) is 5.56 Å². The molecule has 0 aliphatic carbocycles. The minimum Gasteiger partial charge on any atom is -0.493 e. The summed E-state index contributed by atoms with van der Waals surface area (Å²) in [6, 6.07) is 14.1. The first-order chi connectivity index (χ1) is 17.9. The molecule has 0 bridgehead atoms. The monoisotopic (exact) mass is 529 g/mol. The minimum atomic E-state index is -0.685. The van der Waals surface area contributed by atoms with Crippen molar-refractivity contribution >= 4 is 34.2 Å². The van der Waals surface area contributed by atoms with Crippen molar-refractivity contribution in [2.24, 2.45) is 4.99 Å². The molecule has 194 valence electrons. The summed E-state index contributed by atoms with van der Waals surface area (Å²) in [7, 11) is 3.01. The molecule has 0 radical (unpaired) electrons. The molecule has 1 amide bonds. The van der Waals surface area contributed by atoms with Crippen molar-refractivity contribution in [2.45, 2.75) is 5.75 Å². The molecule has 0 unspecified atom stereocenters. The molecule has 0 heterocycles. The lowest BCUT2D eigenvalue weighted by atomic mass is 10.2. The highest BCUT2D eigenvalue weighted by Gasteiger charge is 2.18. The Morgan fingerprint density at radius 2 is 1.70 bits per heavy atom. The van der Waals surface area contributed by atoms with Crippen LogP contribution in [-0.4, -0.2) is 38.4 Å². The molecule has 37 heavy (non-hydrogen) atoms. The number of rotatable bonds is 10. The van der Waals surface area contributed by atoms with E-state index in [0.29, 0.717) is 22.9 Å². The summed E-state index contributed by atoms with van der Waals surface area (Å²) in [5.41, 5.74) is 0.842. The topological polar surface area (TPSA) is 63.2 Å². The Morgan fingerprint density at radius 1 is 1.03 bits per heavy atom. The van der Waals surface area contributed by atoms with Gasteiger partial charge in [0.15, 0.2) is 16.7 Å². The van der Waals surface area contributed by atoms with Crippen LogP contribution in [0.2, 0.25) is 0 Å². The third kappa shape index (κ3) is 7.53. The Morgan fingerprint density at radius 3 is 2.32 bits per heavy atom. The number of hydrogen-bond acceptors (Lipinski definition) is 5. The van der Waals surface area contributed by atoms with Crippen LogP contribution in [0.5, 0.6) is 11.5 Å². The molecule has 0 fully saturated rings. The maximum Gasteiger partial charge on any atom is 0.246 e. The van der Waals surface area contributed by atoms with E-state index in [1.54, 1.807) is 24.3 Å². The lowest BCUT2D eigenvalue weighted by Crippen LogP contribution is -2.39. The fraction of sp³-hybridized carbons (Fsp3) is 0.185. The predicted octanol–water partition coefficient (Wildman–Crippen LogP) is 5.85.